The molecule has 0 aliphatic carbocycles. The number of likely N-dealkylation sites (N-methyl/N-ethyl adjacent to an activating group) is 1. The number of benzene rings is 1. The largest absolute Gasteiger partial charge is 0.335 e. The quantitative estimate of drug-likeness (QED) is 0.805. The summed E-state index contributed by atoms with van der Waals surface area (Å²) in [6.07, 6.45) is 0. The first-order valence-electron chi connectivity index (χ1n) is 6.48. The molecule has 0 saturated carbocycles. The van der Waals surface area contributed by atoms with Gasteiger partial charge >= 0.3 is 0 Å². The van der Waals surface area contributed by atoms with Gasteiger partial charge < -0.3 is 4.90 Å². The number of quaternary nitrogens is 1. The van der Waals surface area contributed by atoms with E-state index in [1.54, 1.807) is 12.1 Å². The molecule has 1 aromatic carbocycles. The Hall–Kier alpha value is -0.460. The molecule has 1 saturated heterocycles. The lowest BCUT2D eigenvalue weighted by atomic mass is 10.4. The number of hydrogen-bond acceptors (Lipinski definition) is 3. The van der Waals surface area contributed by atoms with Crippen molar-refractivity contribution in [2.24, 2.45) is 0 Å². The van der Waals surface area contributed by atoms with E-state index in [0.29, 0.717) is 15.8 Å². The standard InChI is InChI=1S/C13H17Cl2N3OS/c1-17-4-6-18(7-5-17)16-13(19)9-20-12-3-2-10(14)8-11(12)15/h2-3,8H,4-7,9H2,1H3,(H,16,19)/p+1. The predicted octanol–water partition coefficient (Wildman–Crippen LogP) is 0.947. The second kappa shape index (κ2) is 7.52. The van der Waals surface area contributed by atoms with Crippen LogP contribution in [-0.4, -0.2) is 49.9 Å². The molecule has 2 N–H and O–H groups in total. The minimum absolute atomic E-state index is 0.000528. The zero-order valence-electron chi connectivity index (χ0n) is 11.3. The fraction of sp³-hybridized carbons (Fsp3) is 0.462. The Morgan fingerprint density at radius 3 is 2.75 bits per heavy atom. The van der Waals surface area contributed by atoms with Crippen LogP contribution < -0.4 is 10.3 Å². The third kappa shape index (κ3) is 4.82. The summed E-state index contributed by atoms with van der Waals surface area (Å²) in [7, 11) is 2.16. The lowest BCUT2D eigenvalue weighted by molar-refractivity contribution is -0.884. The highest BCUT2D eigenvalue weighted by Gasteiger charge is 2.18. The second-order valence-corrected chi connectivity index (χ2v) is 6.70. The summed E-state index contributed by atoms with van der Waals surface area (Å²) in [4.78, 5) is 14.3. The molecule has 0 aromatic heterocycles. The molecule has 0 unspecified atom stereocenters. The molecule has 1 aromatic rings. The molecule has 20 heavy (non-hydrogen) atoms. The Bertz CT molecular complexity index is 479. The van der Waals surface area contributed by atoms with Gasteiger partial charge in [0.1, 0.15) is 0 Å². The van der Waals surface area contributed by atoms with E-state index in [1.807, 2.05) is 11.1 Å². The van der Waals surface area contributed by atoms with E-state index < -0.39 is 0 Å². The number of nitrogens with zero attached hydrogens (tertiary/aromatic N) is 1. The zero-order chi connectivity index (χ0) is 14.5. The van der Waals surface area contributed by atoms with Gasteiger partial charge in [-0.2, -0.15) is 0 Å². The molecular weight excluding hydrogens is 317 g/mol. The van der Waals surface area contributed by atoms with Crippen molar-refractivity contribution in [2.75, 3.05) is 39.0 Å². The van der Waals surface area contributed by atoms with E-state index >= 15 is 0 Å². The third-order valence-electron chi connectivity index (χ3n) is 3.15. The van der Waals surface area contributed by atoms with Crippen molar-refractivity contribution >= 4 is 40.9 Å². The Kier molecular flexibility index (Phi) is 5.99. The van der Waals surface area contributed by atoms with Crippen molar-refractivity contribution in [1.29, 1.82) is 0 Å². The zero-order valence-corrected chi connectivity index (χ0v) is 13.6. The summed E-state index contributed by atoms with van der Waals surface area (Å²) < 4.78 is 0. The second-order valence-electron chi connectivity index (χ2n) is 4.84. The summed E-state index contributed by atoms with van der Waals surface area (Å²) >= 11 is 13.3. The number of piperazine rings is 1. The minimum Gasteiger partial charge on any atom is -0.335 e. The molecule has 4 nitrogen and oxygen atoms in total. The van der Waals surface area contributed by atoms with E-state index in [0.717, 1.165) is 31.1 Å². The van der Waals surface area contributed by atoms with Crippen molar-refractivity contribution < 1.29 is 9.69 Å². The van der Waals surface area contributed by atoms with Crippen molar-refractivity contribution in [3.05, 3.63) is 28.2 Å². The topological polar surface area (TPSA) is 36.8 Å². The van der Waals surface area contributed by atoms with Crippen LogP contribution >= 0.6 is 35.0 Å². The molecule has 110 valence electrons. The van der Waals surface area contributed by atoms with Crippen molar-refractivity contribution in [1.82, 2.24) is 10.4 Å². The summed E-state index contributed by atoms with van der Waals surface area (Å²) in [5, 5.41) is 3.17. The molecule has 1 fully saturated rings. The predicted molar refractivity (Wildman–Crippen MR) is 83.5 cm³/mol. The maximum absolute atomic E-state index is 11.9. The van der Waals surface area contributed by atoms with Gasteiger partial charge in [0.2, 0.25) is 5.91 Å². The van der Waals surface area contributed by atoms with Gasteiger partial charge in [0.15, 0.2) is 0 Å². The highest BCUT2D eigenvalue weighted by atomic mass is 35.5. The van der Waals surface area contributed by atoms with Gasteiger partial charge in [-0.05, 0) is 18.2 Å². The summed E-state index contributed by atoms with van der Waals surface area (Å²) in [5.41, 5.74) is 2.93. The number of halogens is 2. The summed E-state index contributed by atoms with van der Waals surface area (Å²) in [6, 6.07) is 5.30. The Balaban J connectivity index is 1.77. The number of carbonyl (C=O) groups is 1. The first-order valence-corrected chi connectivity index (χ1v) is 8.22. The average Bonchev–Trinajstić information content (AvgIpc) is 2.40. The molecule has 1 aliphatic heterocycles. The van der Waals surface area contributed by atoms with E-state index in [1.165, 1.54) is 16.7 Å². The number of hydrazine groups is 1. The van der Waals surface area contributed by atoms with Gasteiger partial charge in [-0.1, -0.05) is 23.2 Å². The van der Waals surface area contributed by atoms with Gasteiger partial charge in [0.25, 0.3) is 0 Å². The van der Waals surface area contributed by atoms with Gasteiger partial charge in [-0.25, -0.2) is 5.01 Å². The number of amides is 1. The number of rotatable bonds is 4. The number of hydrogen-bond donors (Lipinski definition) is 2. The fourth-order valence-corrected chi connectivity index (χ4v) is 3.23. The van der Waals surface area contributed by atoms with Crippen LogP contribution in [0.15, 0.2) is 23.1 Å². The Labute approximate surface area is 133 Å². The first-order chi connectivity index (χ1) is 9.54. The number of nitrogens with one attached hydrogen (secondary N) is 2. The number of thioether (sulfide) groups is 1. The third-order valence-corrected chi connectivity index (χ3v) is 4.89. The maximum Gasteiger partial charge on any atom is 0.244 e. The summed E-state index contributed by atoms with van der Waals surface area (Å²) in [6.45, 7) is 3.89. The minimum atomic E-state index is 0.000528. The van der Waals surface area contributed by atoms with E-state index in [-0.39, 0.29) is 5.91 Å². The van der Waals surface area contributed by atoms with Crippen LogP contribution in [0.4, 0.5) is 0 Å². The highest BCUT2D eigenvalue weighted by molar-refractivity contribution is 8.00. The molecule has 0 bridgehead atoms. The van der Waals surface area contributed by atoms with Crippen molar-refractivity contribution in [2.45, 2.75) is 4.90 Å². The van der Waals surface area contributed by atoms with Crippen LogP contribution in [0.1, 0.15) is 0 Å². The van der Waals surface area contributed by atoms with Crippen LogP contribution in [0, 0.1) is 0 Å². The lowest BCUT2D eigenvalue weighted by Crippen LogP contribution is -3.12. The molecule has 7 heteroatoms. The highest BCUT2D eigenvalue weighted by Crippen LogP contribution is 2.29. The normalized spacial score (nSPS) is 17.1. The van der Waals surface area contributed by atoms with Gasteiger partial charge in [0.05, 0.1) is 44.0 Å². The Morgan fingerprint density at radius 2 is 2.10 bits per heavy atom. The molecular formula is C13H18Cl2N3OS+. The average molecular weight is 335 g/mol. The summed E-state index contributed by atoms with van der Waals surface area (Å²) in [5.74, 6) is 0.348. The molecule has 1 aliphatic rings. The molecule has 2 rings (SSSR count). The smallest absolute Gasteiger partial charge is 0.244 e. The van der Waals surface area contributed by atoms with E-state index in [9.17, 15) is 4.79 Å². The first kappa shape index (κ1) is 15.9. The molecule has 0 radical (unpaired) electrons. The van der Waals surface area contributed by atoms with Crippen molar-refractivity contribution in [3.8, 4) is 0 Å². The monoisotopic (exact) mass is 334 g/mol. The SMILES string of the molecule is C[NH+]1CCN(NC(=O)CSc2ccc(Cl)cc2Cl)CC1. The molecule has 1 amide bonds. The van der Waals surface area contributed by atoms with Gasteiger partial charge in [-0.3, -0.25) is 10.2 Å². The van der Waals surface area contributed by atoms with E-state index in [2.05, 4.69) is 12.5 Å². The molecule has 0 atom stereocenters. The van der Waals surface area contributed by atoms with Crippen LogP contribution in [0.3, 0.4) is 0 Å². The Morgan fingerprint density at radius 1 is 1.40 bits per heavy atom. The van der Waals surface area contributed by atoms with Gasteiger partial charge in [0, 0.05) is 9.92 Å². The fourth-order valence-electron chi connectivity index (χ4n) is 1.94. The van der Waals surface area contributed by atoms with Crippen LogP contribution in [0.5, 0.6) is 0 Å². The number of carbonyl (C=O) groups excluding carboxylic acids is 1. The van der Waals surface area contributed by atoms with E-state index in [4.69, 9.17) is 23.2 Å². The molecule has 1 heterocycles. The van der Waals surface area contributed by atoms with Crippen molar-refractivity contribution in [3.63, 3.8) is 0 Å². The maximum atomic E-state index is 11.9. The molecule has 0 spiro atoms. The lowest BCUT2D eigenvalue weighted by Gasteiger charge is -2.30. The van der Waals surface area contributed by atoms with Crippen LogP contribution in [0.25, 0.3) is 0 Å². The van der Waals surface area contributed by atoms with Gasteiger partial charge in [-0.15, -0.1) is 11.8 Å². The van der Waals surface area contributed by atoms with Crippen LogP contribution in [-0.2, 0) is 4.79 Å². The van der Waals surface area contributed by atoms with Crippen LogP contribution in [0.2, 0.25) is 10.0 Å².